The SMILES string of the molecule is CC(C)(CO)[C@@H](O)C(=O)NCCC(=O)OS(=O)O. The van der Waals surface area contributed by atoms with Crippen LogP contribution in [0.3, 0.4) is 0 Å². The lowest BCUT2D eigenvalue weighted by molar-refractivity contribution is -0.137. The molecular formula is C9H17NO7S. The molecule has 0 bridgehead atoms. The third kappa shape index (κ3) is 6.05. The van der Waals surface area contributed by atoms with Crippen molar-refractivity contribution in [3.63, 3.8) is 0 Å². The second-order valence-electron chi connectivity index (χ2n) is 4.26. The van der Waals surface area contributed by atoms with Crippen LogP contribution in [0.2, 0.25) is 0 Å². The van der Waals surface area contributed by atoms with Gasteiger partial charge in [0, 0.05) is 12.0 Å². The molecule has 0 aromatic heterocycles. The Morgan fingerprint density at radius 3 is 2.44 bits per heavy atom. The van der Waals surface area contributed by atoms with Gasteiger partial charge in [0.05, 0.1) is 13.0 Å². The summed E-state index contributed by atoms with van der Waals surface area (Å²) in [6.07, 6.45) is -1.73. The molecule has 0 radical (unpaired) electrons. The number of hydrogen-bond donors (Lipinski definition) is 4. The smallest absolute Gasteiger partial charge is 0.360 e. The average molecular weight is 283 g/mol. The van der Waals surface area contributed by atoms with Gasteiger partial charge in [-0.2, -0.15) is 4.21 Å². The first-order chi connectivity index (χ1) is 8.20. The molecule has 1 amide bonds. The third-order valence-electron chi connectivity index (χ3n) is 2.19. The Morgan fingerprint density at radius 2 is 2.00 bits per heavy atom. The van der Waals surface area contributed by atoms with Crippen molar-refractivity contribution in [1.82, 2.24) is 5.32 Å². The standard InChI is InChI=1S/C9H17NO7S/c1-9(2,5-11)7(13)8(14)10-4-3-6(12)17-18(15)16/h7,11,13H,3-5H2,1-2H3,(H,10,14)(H,15,16)/t7-/m0/s1. The summed E-state index contributed by atoms with van der Waals surface area (Å²) in [7, 11) is 0. The first-order valence-corrected chi connectivity index (χ1v) is 6.12. The second kappa shape index (κ2) is 7.41. The first kappa shape index (κ1) is 17.0. The molecule has 0 spiro atoms. The van der Waals surface area contributed by atoms with Crippen LogP contribution in [0, 0.1) is 5.41 Å². The maximum atomic E-state index is 11.4. The fourth-order valence-corrected chi connectivity index (χ4v) is 1.19. The third-order valence-corrected chi connectivity index (χ3v) is 2.52. The van der Waals surface area contributed by atoms with Crippen LogP contribution in [0.15, 0.2) is 0 Å². The van der Waals surface area contributed by atoms with Crippen molar-refractivity contribution in [3.8, 4) is 0 Å². The maximum absolute atomic E-state index is 11.4. The van der Waals surface area contributed by atoms with Crippen LogP contribution in [-0.2, 0) is 25.1 Å². The van der Waals surface area contributed by atoms with Gasteiger partial charge in [0.2, 0.25) is 5.91 Å². The van der Waals surface area contributed by atoms with E-state index in [9.17, 15) is 18.9 Å². The van der Waals surface area contributed by atoms with Gasteiger partial charge in [0.25, 0.3) is 0 Å². The van der Waals surface area contributed by atoms with Crippen molar-refractivity contribution < 1.29 is 32.7 Å². The minimum Gasteiger partial charge on any atom is -0.396 e. The minimum absolute atomic E-state index is 0.145. The molecule has 0 aliphatic heterocycles. The molecule has 4 N–H and O–H groups in total. The highest BCUT2D eigenvalue weighted by atomic mass is 32.2. The number of aliphatic hydroxyl groups excluding tert-OH is 2. The zero-order valence-corrected chi connectivity index (χ0v) is 10.9. The van der Waals surface area contributed by atoms with E-state index in [1.165, 1.54) is 13.8 Å². The fraction of sp³-hybridized carbons (Fsp3) is 0.778. The molecule has 0 saturated carbocycles. The summed E-state index contributed by atoms with van der Waals surface area (Å²) in [4.78, 5) is 22.2. The lowest BCUT2D eigenvalue weighted by Gasteiger charge is -2.26. The summed E-state index contributed by atoms with van der Waals surface area (Å²) in [6, 6.07) is 0. The molecule has 2 atom stereocenters. The van der Waals surface area contributed by atoms with Crippen LogP contribution in [0.25, 0.3) is 0 Å². The molecule has 8 nitrogen and oxygen atoms in total. The van der Waals surface area contributed by atoms with Crippen LogP contribution >= 0.6 is 0 Å². The summed E-state index contributed by atoms with van der Waals surface area (Å²) in [5.41, 5.74) is -1.00. The molecule has 0 aliphatic rings. The quantitative estimate of drug-likeness (QED) is 0.420. The molecule has 0 aliphatic carbocycles. The summed E-state index contributed by atoms with van der Waals surface area (Å²) in [6.45, 7) is 2.47. The molecule has 0 aromatic carbocycles. The van der Waals surface area contributed by atoms with Crippen molar-refractivity contribution in [1.29, 1.82) is 0 Å². The number of carbonyl (C=O) groups is 2. The second-order valence-corrected chi connectivity index (χ2v) is 4.86. The number of hydrogen-bond acceptors (Lipinski definition) is 6. The normalized spacial score (nSPS) is 14.7. The largest absolute Gasteiger partial charge is 0.396 e. The van der Waals surface area contributed by atoms with Crippen molar-refractivity contribution in [3.05, 3.63) is 0 Å². The fourth-order valence-electron chi connectivity index (χ4n) is 0.947. The average Bonchev–Trinajstić information content (AvgIpc) is 2.26. The monoisotopic (exact) mass is 283 g/mol. The molecule has 0 saturated heterocycles. The van der Waals surface area contributed by atoms with E-state index < -0.39 is 34.8 Å². The van der Waals surface area contributed by atoms with E-state index >= 15 is 0 Å². The van der Waals surface area contributed by atoms with Gasteiger partial charge in [0.15, 0.2) is 0 Å². The molecular weight excluding hydrogens is 266 g/mol. The first-order valence-electron chi connectivity index (χ1n) is 5.09. The Balaban J connectivity index is 4.05. The lowest BCUT2D eigenvalue weighted by Crippen LogP contribution is -2.46. The molecule has 106 valence electrons. The number of nitrogens with one attached hydrogen (secondary N) is 1. The molecule has 0 heterocycles. The number of aliphatic hydroxyl groups is 2. The van der Waals surface area contributed by atoms with Gasteiger partial charge >= 0.3 is 17.3 Å². The summed E-state index contributed by atoms with van der Waals surface area (Å²) in [5, 5.41) is 20.8. The molecule has 0 fully saturated rings. The Kier molecular flexibility index (Phi) is 6.99. The number of carbonyl (C=O) groups excluding carboxylic acids is 2. The van der Waals surface area contributed by atoms with Crippen LogP contribution in [-0.4, -0.2) is 50.1 Å². The number of amides is 1. The van der Waals surface area contributed by atoms with E-state index in [4.69, 9.17) is 9.66 Å². The van der Waals surface area contributed by atoms with Gasteiger partial charge in [-0.25, -0.2) is 0 Å². The van der Waals surface area contributed by atoms with Crippen molar-refractivity contribution in [2.24, 2.45) is 5.41 Å². The van der Waals surface area contributed by atoms with Gasteiger partial charge < -0.3 is 19.7 Å². The zero-order valence-electron chi connectivity index (χ0n) is 10.1. The summed E-state index contributed by atoms with van der Waals surface area (Å²) in [5.74, 6) is -1.70. The van der Waals surface area contributed by atoms with E-state index in [1.54, 1.807) is 0 Å². The Hall–Kier alpha value is -1.03. The molecule has 1 unspecified atom stereocenters. The van der Waals surface area contributed by atoms with E-state index in [0.29, 0.717) is 0 Å². The molecule has 0 aromatic rings. The summed E-state index contributed by atoms with van der Waals surface area (Å²) < 4.78 is 22.2. The van der Waals surface area contributed by atoms with Crippen molar-refractivity contribution in [2.45, 2.75) is 26.4 Å². The predicted octanol–water partition coefficient (Wildman–Crippen LogP) is -1.45. The van der Waals surface area contributed by atoms with Crippen LogP contribution in [0.4, 0.5) is 0 Å². The molecule has 18 heavy (non-hydrogen) atoms. The highest BCUT2D eigenvalue weighted by Crippen LogP contribution is 2.19. The van der Waals surface area contributed by atoms with Gasteiger partial charge in [-0.05, 0) is 0 Å². The van der Waals surface area contributed by atoms with Gasteiger partial charge in [-0.3, -0.25) is 14.1 Å². The molecule has 0 rings (SSSR count). The van der Waals surface area contributed by atoms with E-state index in [-0.39, 0.29) is 19.6 Å². The Morgan fingerprint density at radius 1 is 1.44 bits per heavy atom. The highest BCUT2D eigenvalue weighted by Gasteiger charge is 2.32. The van der Waals surface area contributed by atoms with Crippen molar-refractivity contribution in [2.75, 3.05) is 13.2 Å². The van der Waals surface area contributed by atoms with Gasteiger partial charge in [-0.15, -0.1) is 0 Å². The van der Waals surface area contributed by atoms with Crippen LogP contribution in [0.5, 0.6) is 0 Å². The van der Waals surface area contributed by atoms with Crippen LogP contribution < -0.4 is 5.32 Å². The Bertz CT molecular complexity index is 331. The Labute approximate surface area is 107 Å². The minimum atomic E-state index is -2.68. The topological polar surface area (TPSA) is 133 Å². The van der Waals surface area contributed by atoms with Crippen LogP contribution in [0.1, 0.15) is 20.3 Å². The zero-order chi connectivity index (χ0) is 14.3. The van der Waals surface area contributed by atoms with Gasteiger partial charge in [0.1, 0.15) is 6.10 Å². The van der Waals surface area contributed by atoms with Crippen molar-refractivity contribution >= 4 is 23.2 Å². The van der Waals surface area contributed by atoms with E-state index in [0.717, 1.165) is 0 Å². The van der Waals surface area contributed by atoms with Gasteiger partial charge in [-0.1, -0.05) is 13.8 Å². The predicted molar refractivity (Wildman–Crippen MR) is 61.4 cm³/mol. The molecule has 9 heteroatoms. The maximum Gasteiger partial charge on any atom is 0.360 e. The highest BCUT2D eigenvalue weighted by molar-refractivity contribution is 7.74. The lowest BCUT2D eigenvalue weighted by atomic mass is 9.87. The summed E-state index contributed by atoms with van der Waals surface area (Å²) >= 11 is -2.68. The van der Waals surface area contributed by atoms with E-state index in [2.05, 4.69) is 9.50 Å². The van der Waals surface area contributed by atoms with E-state index in [1.807, 2.05) is 0 Å². The number of rotatable bonds is 7.